The summed E-state index contributed by atoms with van der Waals surface area (Å²) in [6, 6.07) is 0.0466. The highest BCUT2D eigenvalue weighted by Crippen LogP contribution is 2.08. The first-order valence-electron chi connectivity index (χ1n) is 4.21. The van der Waals surface area contributed by atoms with E-state index < -0.39 is 0 Å². The number of hydrogen-bond donors (Lipinski definition) is 2. The van der Waals surface area contributed by atoms with Crippen LogP contribution in [0.25, 0.3) is 0 Å². The van der Waals surface area contributed by atoms with Gasteiger partial charge in [-0.05, 0) is 19.9 Å². The maximum absolute atomic E-state index is 5.74. The van der Waals surface area contributed by atoms with Crippen LogP contribution in [0.4, 0.5) is 0 Å². The summed E-state index contributed by atoms with van der Waals surface area (Å²) in [5.41, 5.74) is 12.2. The molecule has 0 aliphatic rings. The molecule has 0 aliphatic heterocycles. The summed E-state index contributed by atoms with van der Waals surface area (Å²) in [7, 11) is 0. The number of hydrogen-bond acceptors (Lipinski definition) is 3. The average molecular weight is 168 g/mol. The summed E-state index contributed by atoms with van der Waals surface area (Å²) < 4.78 is 2.05. The van der Waals surface area contributed by atoms with Crippen LogP contribution in [0.15, 0.2) is 12.5 Å². The third kappa shape index (κ3) is 2.06. The first-order chi connectivity index (χ1) is 5.75. The maximum Gasteiger partial charge on any atom is 0.0948 e. The third-order valence-corrected chi connectivity index (χ3v) is 1.81. The van der Waals surface area contributed by atoms with E-state index >= 15 is 0 Å². The minimum Gasteiger partial charge on any atom is -0.333 e. The quantitative estimate of drug-likeness (QED) is 0.677. The molecule has 0 radical (unpaired) electrons. The van der Waals surface area contributed by atoms with Gasteiger partial charge >= 0.3 is 0 Å². The molecule has 0 amide bonds. The zero-order valence-electron chi connectivity index (χ0n) is 7.40. The van der Waals surface area contributed by atoms with Crippen molar-refractivity contribution < 1.29 is 0 Å². The second-order valence-electron chi connectivity index (χ2n) is 2.94. The SMILES string of the molecule is C[C@@H](N)c1cncn1CCCN. The van der Waals surface area contributed by atoms with Crippen LogP contribution in [0.5, 0.6) is 0 Å². The van der Waals surface area contributed by atoms with Crippen molar-refractivity contribution in [1.82, 2.24) is 9.55 Å². The molecule has 0 unspecified atom stereocenters. The van der Waals surface area contributed by atoms with Crippen LogP contribution < -0.4 is 11.5 Å². The smallest absolute Gasteiger partial charge is 0.0948 e. The van der Waals surface area contributed by atoms with Gasteiger partial charge in [-0.15, -0.1) is 0 Å². The summed E-state index contributed by atoms with van der Waals surface area (Å²) in [5.74, 6) is 0. The van der Waals surface area contributed by atoms with Gasteiger partial charge in [0.05, 0.1) is 12.0 Å². The highest BCUT2D eigenvalue weighted by atomic mass is 15.1. The molecule has 1 heterocycles. The van der Waals surface area contributed by atoms with Crippen LogP contribution in [-0.4, -0.2) is 16.1 Å². The van der Waals surface area contributed by atoms with Crippen molar-refractivity contribution in [1.29, 1.82) is 0 Å². The lowest BCUT2D eigenvalue weighted by molar-refractivity contribution is 0.598. The molecule has 1 aromatic rings. The van der Waals surface area contributed by atoms with Crippen molar-refractivity contribution in [3.8, 4) is 0 Å². The molecule has 0 aromatic carbocycles. The molecule has 4 N–H and O–H groups in total. The third-order valence-electron chi connectivity index (χ3n) is 1.81. The summed E-state index contributed by atoms with van der Waals surface area (Å²) in [5, 5.41) is 0. The predicted octanol–water partition coefficient (Wildman–Crippen LogP) is 0.252. The van der Waals surface area contributed by atoms with Gasteiger partial charge in [-0.25, -0.2) is 4.98 Å². The van der Waals surface area contributed by atoms with E-state index in [-0.39, 0.29) is 6.04 Å². The molecule has 1 rings (SSSR count). The molecular formula is C8H16N4. The Hall–Kier alpha value is -0.870. The lowest BCUT2D eigenvalue weighted by Crippen LogP contribution is -2.13. The molecule has 4 nitrogen and oxygen atoms in total. The lowest BCUT2D eigenvalue weighted by atomic mass is 10.2. The highest BCUT2D eigenvalue weighted by molar-refractivity contribution is 5.02. The molecule has 68 valence electrons. The van der Waals surface area contributed by atoms with Crippen LogP contribution in [0.2, 0.25) is 0 Å². The Morgan fingerprint density at radius 3 is 3.00 bits per heavy atom. The topological polar surface area (TPSA) is 69.9 Å². The van der Waals surface area contributed by atoms with E-state index in [2.05, 4.69) is 9.55 Å². The molecule has 4 heteroatoms. The van der Waals surface area contributed by atoms with E-state index in [4.69, 9.17) is 11.5 Å². The van der Waals surface area contributed by atoms with Crippen molar-refractivity contribution >= 4 is 0 Å². The first-order valence-corrected chi connectivity index (χ1v) is 4.21. The molecule has 0 saturated carbocycles. The number of imidazole rings is 1. The van der Waals surface area contributed by atoms with Crippen LogP contribution in [0.1, 0.15) is 25.1 Å². The van der Waals surface area contributed by atoms with Gasteiger partial charge in [0, 0.05) is 18.8 Å². The number of aryl methyl sites for hydroxylation is 1. The number of nitrogens with zero attached hydrogens (tertiary/aromatic N) is 2. The fourth-order valence-electron chi connectivity index (χ4n) is 1.16. The summed E-state index contributed by atoms with van der Waals surface area (Å²) in [6.45, 7) is 3.57. The molecule has 0 saturated heterocycles. The van der Waals surface area contributed by atoms with Crippen LogP contribution in [0, 0.1) is 0 Å². The van der Waals surface area contributed by atoms with Gasteiger partial charge in [0.15, 0.2) is 0 Å². The molecule has 0 fully saturated rings. The van der Waals surface area contributed by atoms with Crippen molar-refractivity contribution in [3.05, 3.63) is 18.2 Å². The predicted molar refractivity (Wildman–Crippen MR) is 48.5 cm³/mol. The van der Waals surface area contributed by atoms with E-state index in [1.165, 1.54) is 0 Å². The van der Waals surface area contributed by atoms with Gasteiger partial charge < -0.3 is 16.0 Å². The van der Waals surface area contributed by atoms with Crippen LogP contribution in [0.3, 0.4) is 0 Å². The maximum atomic E-state index is 5.74. The van der Waals surface area contributed by atoms with Crippen molar-refractivity contribution in [2.75, 3.05) is 6.54 Å². The highest BCUT2D eigenvalue weighted by Gasteiger charge is 2.04. The molecule has 0 aliphatic carbocycles. The monoisotopic (exact) mass is 168 g/mol. The van der Waals surface area contributed by atoms with E-state index in [9.17, 15) is 0 Å². The molecule has 1 atom stereocenters. The van der Waals surface area contributed by atoms with Crippen LogP contribution >= 0.6 is 0 Å². The molecule has 0 bridgehead atoms. The van der Waals surface area contributed by atoms with Crippen LogP contribution in [-0.2, 0) is 6.54 Å². The van der Waals surface area contributed by atoms with Gasteiger partial charge in [-0.1, -0.05) is 0 Å². The van der Waals surface area contributed by atoms with E-state index in [1.54, 1.807) is 12.5 Å². The largest absolute Gasteiger partial charge is 0.333 e. The fourth-order valence-corrected chi connectivity index (χ4v) is 1.16. The van der Waals surface area contributed by atoms with Gasteiger partial charge in [0.2, 0.25) is 0 Å². The summed E-state index contributed by atoms with van der Waals surface area (Å²) in [4.78, 5) is 4.04. The Balaban J connectivity index is 2.64. The normalized spacial score (nSPS) is 13.2. The first kappa shape index (κ1) is 9.22. The fraction of sp³-hybridized carbons (Fsp3) is 0.625. The summed E-state index contributed by atoms with van der Waals surface area (Å²) >= 11 is 0. The zero-order valence-corrected chi connectivity index (χ0v) is 7.40. The number of aromatic nitrogens is 2. The van der Waals surface area contributed by atoms with Gasteiger partial charge in [0.1, 0.15) is 0 Å². The van der Waals surface area contributed by atoms with Crippen molar-refractivity contribution in [2.24, 2.45) is 11.5 Å². The second kappa shape index (κ2) is 4.23. The number of nitrogens with two attached hydrogens (primary N) is 2. The lowest BCUT2D eigenvalue weighted by Gasteiger charge is -2.09. The molecule has 1 aromatic heterocycles. The Morgan fingerprint density at radius 2 is 2.42 bits per heavy atom. The average Bonchev–Trinajstić information content (AvgIpc) is 2.48. The second-order valence-corrected chi connectivity index (χ2v) is 2.94. The van der Waals surface area contributed by atoms with Gasteiger partial charge in [0.25, 0.3) is 0 Å². The molecule has 0 spiro atoms. The van der Waals surface area contributed by atoms with E-state index in [1.807, 2.05) is 6.92 Å². The minimum absolute atomic E-state index is 0.0466. The van der Waals surface area contributed by atoms with E-state index in [0.717, 1.165) is 18.7 Å². The summed E-state index contributed by atoms with van der Waals surface area (Å²) in [6.07, 6.45) is 4.58. The van der Waals surface area contributed by atoms with Crippen molar-refractivity contribution in [2.45, 2.75) is 25.9 Å². The Labute approximate surface area is 72.6 Å². The minimum atomic E-state index is 0.0466. The Kier molecular flexibility index (Phi) is 3.25. The zero-order chi connectivity index (χ0) is 8.97. The van der Waals surface area contributed by atoms with Crippen molar-refractivity contribution in [3.63, 3.8) is 0 Å². The molecular weight excluding hydrogens is 152 g/mol. The Bertz CT molecular complexity index is 229. The number of rotatable bonds is 4. The van der Waals surface area contributed by atoms with Gasteiger partial charge in [-0.3, -0.25) is 0 Å². The van der Waals surface area contributed by atoms with Gasteiger partial charge in [-0.2, -0.15) is 0 Å². The molecule has 12 heavy (non-hydrogen) atoms. The standard InChI is InChI=1S/C8H16N4/c1-7(10)8-5-11-6-12(8)4-2-3-9/h5-7H,2-4,9-10H2,1H3/t7-/m1/s1. The van der Waals surface area contributed by atoms with E-state index in [0.29, 0.717) is 6.54 Å². The Morgan fingerprint density at radius 1 is 1.67 bits per heavy atom.